The van der Waals surface area contributed by atoms with Crippen molar-refractivity contribution < 1.29 is 4.92 Å². The Morgan fingerprint density at radius 3 is 2.83 bits per heavy atom. The van der Waals surface area contributed by atoms with Crippen LogP contribution in [-0.4, -0.2) is 9.91 Å². The molecule has 0 bridgehead atoms. The van der Waals surface area contributed by atoms with Crippen LogP contribution in [0, 0.1) is 24.0 Å². The summed E-state index contributed by atoms with van der Waals surface area (Å²) in [7, 11) is 0. The maximum absolute atomic E-state index is 10.9. The minimum absolute atomic E-state index is 0.0166. The van der Waals surface area contributed by atoms with Gasteiger partial charge in [0.05, 0.1) is 4.92 Å². The van der Waals surface area contributed by atoms with Crippen LogP contribution < -0.4 is 5.32 Å². The maximum Gasteiger partial charge on any atom is 0.311 e. The molecule has 6 heteroatoms. The van der Waals surface area contributed by atoms with Crippen molar-refractivity contribution in [2.45, 2.75) is 20.4 Å². The molecular weight excluding hydrogens is 250 g/mol. The fourth-order valence-electron chi connectivity index (χ4n) is 1.58. The average molecular weight is 263 g/mol. The molecule has 0 amide bonds. The van der Waals surface area contributed by atoms with Gasteiger partial charge in [0.25, 0.3) is 0 Å². The van der Waals surface area contributed by atoms with Crippen LogP contribution in [0.5, 0.6) is 0 Å². The van der Waals surface area contributed by atoms with E-state index in [4.69, 9.17) is 0 Å². The lowest BCUT2D eigenvalue weighted by Gasteiger charge is -2.06. The first kappa shape index (κ1) is 12.5. The zero-order valence-corrected chi connectivity index (χ0v) is 11.0. The lowest BCUT2D eigenvalue weighted by atomic mass is 10.2. The van der Waals surface area contributed by atoms with E-state index < -0.39 is 4.92 Å². The predicted molar refractivity (Wildman–Crippen MR) is 72.0 cm³/mol. The molecule has 0 saturated heterocycles. The number of aromatic nitrogens is 1. The fourth-order valence-corrected chi connectivity index (χ4v) is 2.43. The van der Waals surface area contributed by atoms with Crippen LogP contribution in [0.1, 0.15) is 16.7 Å². The maximum atomic E-state index is 10.9. The topological polar surface area (TPSA) is 68.1 Å². The lowest BCUT2D eigenvalue weighted by Crippen LogP contribution is -2.05. The Bertz CT molecular complexity index is 580. The summed E-state index contributed by atoms with van der Waals surface area (Å²) in [5, 5.41) is 18.0. The summed E-state index contributed by atoms with van der Waals surface area (Å²) in [6.07, 6.45) is 1.62. The van der Waals surface area contributed by atoms with E-state index in [1.807, 2.05) is 17.7 Å². The van der Waals surface area contributed by atoms with Gasteiger partial charge in [-0.15, -0.1) is 0 Å². The molecule has 2 rings (SSSR count). The molecule has 5 nitrogen and oxygen atoms in total. The summed E-state index contributed by atoms with van der Waals surface area (Å²) in [5.74, 6) is 0.316. The van der Waals surface area contributed by atoms with Gasteiger partial charge in [-0.1, -0.05) is 0 Å². The predicted octanol–water partition coefficient (Wildman–Crippen LogP) is 3.28. The molecule has 0 aliphatic heterocycles. The van der Waals surface area contributed by atoms with Crippen molar-refractivity contribution in [3.63, 3.8) is 0 Å². The molecule has 0 spiro atoms. The van der Waals surface area contributed by atoms with Crippen molar-refractivity contribution in [2.75, 3.05) is 5.32 Å². The highest BCUT2D eigenvalue weighted by Crippen LogP contribution is 2.23. The molecule has 0 saturated carbocycles. The summed E-state index contributed by atoms with van der Waals surface area (Å²) in [4.78, 5) is 14.6. The Labute approximate surface area is 109 Å². The van der Waals surface area contributed by atoms with E-state index in [0.29, 0.717) is 12.4 Å². The van der Waals surface area contributed by atoms with Crippen molar-refractivity contribution in [1.29, 1.82) is 0 Å². The zero-order chi connectivity index (χ0) is 13.1. The molecule has 0 aliphatic carbocycles. The van der Waals surface area contributed by atoms with E-state index in [1.165, 1.54) is 11.6 Å². The quantitative estimate of drug-likeness (QED) is 0.679. The van der Waals surface area contributed by atoms with Crippen LogP contribution in [0.15, 0.2) is 23.0 Å². The number of hydrogen-bond donors (Lipinski definition) is 1. The second kappa shape index (κ2) is 5.14. The second-order valence-corrected chi connectivity index (χ2v) is 4.81. The third kappa shape index (κ3) is 2.65. The van der Waals surface area contributed by atoms with Crippen molar-refractivity contribution in [3.8, 4) is 0 Å². The Kier molecular flexibility index (Phi) is 3.57. The van der Waals surface area contributed by atoms with Crippen molar-refractivity contribution in [2.24, 2.45) is 0 Å². The van der Waals surface area contributed by atoms with Crippen LogP contribution in [0.2, 0.25) is 0 Å². The third-order valence-electron chi connectivity index (χ3n) is 2.61. The third-order valence-corrected chi connectivity index (χ3v) is 3.52. The van der Waals surface area contributed by atoms with Crippen molar-refractivity contribution in [3.05, 3.63) is 49.8 Å². The first-order valence-electron chi connectivity index (χ1n) is 5.44. The van der Waals surface area contributed by atoms with Gasteiger partial charge in [-0.2, -0.15) is 11.3 Å². The molecule has 0 fully saturated rings. The zero-order valence-electron chi connectivity index (χ0n) is 10.1. The Balaban J connectivity index is 2.19. The van der Waals surface area contributed by atoms with Crippen LogP contribution in [0.3, 0.4) is 0 Å². The second-order valence-electron chi connectivity index (χ2n) is 4.07. The summed E-state index contributed by atoms with van der Waals surface area (Å²) >= 11 is 1.62. The number of rotatable bonds is 4. The molecule has 18 heavy (non-hydrogen) atoms. The number of nitro groups is 1. The van der Waals surface area contributed by atoms with Crippen molar-refractivity contribution in [1.82, 2.24) is 4.98 Å². The molecule has 1 N–H and O–H groups in total. The van der Waals surface area contributed by atoms with Gasteiger partial charge in [0.15, 0.2) is 0 Å². The largest absolute Gasteiger partial charge is 0.360 e. The highest BCUT2D eigenvalue weighted by atomic mass is 32.1. The molecule has 0 aliphatic rings. The van der Waals surface area contributed by atoms with E-state index in [9.17, 15) is 10.1 Å². The monoisotopic (exact) mass is 263 g/mol. The van der Waals surface area contributed by atoms with Gasteiger partial charge >= 0.3 is 5.69 Å². The molecule has 2 heterocycles. The van der Waals surface area contributed by atoms with Gasteiger partial charge in [0, 0.05) is 18.8 Å². The van der Waals surface area contributed by atoms with Crippen LogP contribution in [-0.2, 0) is 6.54 Å². The molecule has 2 aromatic rings. The molecule has 0 aromatic carbocycles. The van der Waals surface area contributed by atoms with Crippen LogP contribution >= 0.6 is 11.3 Å². The Hall–Kier alpha value is -1.95. The number of hydrogen-bond acceptors (Lipinski definition) is 5. The van der Waals surface area contributed by atoms with E-state index in [2.05, 4.69) is 10.3 Å². The van der Waals surface area contributed by atoms with Gasteiger partial charge in [-0.3, -0.25) is 10.1 Å². The van der Waals surface area contributed by atoms with Crippen LogP contribution in [0.25, 0.3) is 0 Å². The fraction of sp³-hybridized carbons (Fsp3) is 0.250. The number of thiophene rings is 1. The highest BCUT2D eigenvalue weighted by Gasteiger charge is 2.15. The molecule has 0 atom stereocenters. The Morgan fingerprint density at radius 2 is 2.22 bits per heavy atom. The molecule has 0 radical (unpaired) electrons. The first-order chi connectivity index (χ1) is 8.58. The highest BCUT2D eigenvalue weighted by molar-refractivity contribution is 7.08. The lowest BCUT2D eigenvalue weighted by molar-refractivity contribution is -0.384. The SMILES string of the molecule is Cc1cnc(NCc2cscc2C)c([N+](=O)[O-])c1. The van der Waals surface area contributed by atoms with E-state index in [-0.39, 0.29) is 5.69 Å². The van der Waals surface area contributed by atoms with Gasteiger partial charge in [0.2, 0.25) is 5.82 Å². The standard InChI is InChI=1S/C12H13N3O2S/c1-8-3-11(15(16)17)12(13-4-8)14-5-10-7-18-6-9(10)2/h3-4,6-7H,5H2,1-2H3,(H,13,14). The number of nitrogens with zero attached hydrogens (tertiary/aromatic N) is 2. The number of anilines is 1. The average Bonchev–Trinajstić information content (AvgIpc) is 2.73. The molecule has 0 unspecified atom stereocenters. The smallest absolute Gasteiger partial charge is 0.311 e. The summed E-state index contributed by atoms with van der Waals surface area (Å²) in [6.45, 7) is 4.35. The van der Waals surface area contributed by atoms with E-state index in [1.54, 1.807) is 24.5 Å². The molecular formula is C12H13N3O2S. The Morgan fingerprint density at radius 1 is 1.44 bits per heavy atom. The van der Waals surface area contributed by atoms with Gasteiger partial charge in [0.1, 0.15) is 0 Å². The van der Waals surface area contributed by atoms with E-state index in [0.717, 1.165) is 11.1 Å². The van der Waals surface area contributed by atoms with Crippen LogP contribution in [0.4, 0.5) is 11.5 Å². The summed E-state index contributed by atoms with van der Waals surface area (Å²) in [5.41, 5.74) is 3.11. The van der Waals surface area contributed by atoms with Gasteiger partial charge < -0.3 is 5.32 Å². The van der Waals surface area contributed by atoms with Crippen molar-refractivity contribution >= 4 is 22.8 Å². The number of pyridine rings is 1. The molecule has 94 valence electrons. The van der Waals surface area contributed by atoms with Gasteiger partial charge in [-0.25, -0.2) is 4.98 Å². The molecule has 2 aromatic heterocycles. The number of aryl methyl sites for hydroxylation is 2. The summed E-state index contributed by atoms with van der Waals surface area (Å²) < 4.78 is 0. The normalized spacial score (nSPS) is 10.3. The minimum atomic E-state index is -0.414. The summed E-state index contributed by atoms with van der Waals surface area (Å²) in [6, 6.07) is 1.52. The number of nitrogens with one attached hydrogen (secondary N) is 1. The minimum Gasteiger partial charge on any atom is -0.360 e. The van der Waals surface area contributed by atoms with E-state index >= 15 is 0 Å². The van der Waals surface area contributed by atoms with Gasteiger partial charge in [-0.05, 0) is 41.3 Å². The first-order valence-corrected chi connectivity index (χ1v) is 6.39.